The number of halogens is 1. The van der Waals surface area contributed by atoms with E-state index < -0.39 is 0 Å². The van der Waals surface area contributed by atoms with Crippen LogP contribution in [0.25, 0.3) is 0 Å². The zero-order chi connectivity index (χ0) is 7.40. The van der Waals surface area contributed by atoms with Gasteiger partial charge in [0.15, 0.2) is 0 Å². The van der Waals surface area contributed by atoms with Crippen LogP contribution in [0.15, 0.2) is 24.3 Å². The van der Waals surface area contributed by atoms with Gasteiger partial charge >= 0.3 is 0 Å². The SMILES string of the molecule is O=S=Cc1ccc(F)cc1. The number of rotatable bonds is 1. The molecule has 0 atom stereocenters. The minimum absolute atomic E-state index is 0.284. The lowest BCUT2D eigenvalue weighted by molar-refractivity contribution is 0.628. The minimum Gasteiger partial charge on any atom is -0.212 e. The van der Waals surface area contributed by atoms with Crippen LogP contribution >= 0.6 is 0 Å². The normalized spacial score (nSPS) is 8.90. The molecule has 1 aromatic carbocycles. The van der Waals surface area contributed by atoms with Gasteiger partial charge in [0.25, 0.3) is 0 Å². The van der Waals surface area contributed by atoms with Crippen LogP contribution in [0.4, 0.5) is 4.39 Å². The molecular formula is C7H5FOS. The van der Waals surface area contributed by atoms with Crippen molar-refractivity contribution in [2.45, 2.75) is 0 Å². The monoisotopic (exact) mass is 156 g/mol. The Labute approximate surface area is 61.6 Å². The molecule has 0 saturated carbocycles. The molecule has 0 aliphatic carbocycles. The molecule has 0 radical (unpaired) electrons. The third-order valence-corrected chi connectivity index (χ3v) is 1.42. The van der Waals surface area contributed by atoms with Crippen molar-refractivity contribution in [3.63, 3.8) is 0 Å². The zero-order valence-corrected chi connectivity index (χ0v) is 5.90. The van der Waals surface area contributed by atoms with Crippen LogP contribution in [0, 0.1) is 5.82 Å². The molecular weight excluding hydrogens is 151 g/mol. The van der Waals surface area contributed by atoms with E-state index in [0.29, 0.717) is 11.3 Å². The molecule has 0 N–H and O–H groups in total. The Balaban J connectivity index is 3.00. The van der Waals surface area contributed by atoms with Gasteiger partial charge in [-0.15, -0.1) is 0 Å². The summed E-state index contributed by atoms with van der Waals surface area (Å²) in [6.45, 7) is 0. The van der Waals surface area contributed by atoms with E-state index >= 15 is 0 Å². The molecule has 0 unspecified atom stereocenters. The smallest absolute Gasteiger partial charge is 0.123 e. The van der Waals surface area contributed by atoms with Crippen LogP contribution in [-0.4, -0.2) is 9.58 Å². The van der Waals surface area contributed by atoms with Crippen molar-refractivity contribution >= 4 is 16.6 Å². The van der Waals surface area contributed by atoms with E-state index in [2.05, 4.69) is 0 Å². The largest absolute Gasteiger partial charge is 0.212 e. The van der Waals surface area contributed by atoms with Crippen molar-refractivity contribution in [2.24, 2.45) is 0 Å². The first-order valence-corrected chi connectivity index (χ1v) is 3.51. The molecule has 0 bridgehead atoms. The van der Waals surface area contributed by atoms with Crippen LogP contribution in [0.5, 0.6) is 0 Å². The van der Waals surface area contributed by atoms with Gasteiger partial charge in [-0.1, -0.05) is 12.1 Å². The van der Waals surface area contributed by atoms with Crippen molar-refractivity contribution < 1.29 is 8.60 Å². The number of hydrogen-bond donors (Lipinski definition) is 0. The first kappa shape index (κ1) is 7.15. The highest BCUT2D eigenvalue weighted by Crippen LogP contribution is 1.98. The lowest BCUT2D eigenvalue weighted by Crippen LogP contribution is -1.79. The van der Waals surface area contributed by atoms with E-state index in [1.54, 1.807) is 12.1 Å². The molecule has 0 spiro atoms. The third-order valence-electron chi connectivity index (χ3n) is 1.05. The van der Waals surface area contributed by atoms with E-state index in [1.807, 2.05) is 0 Å². The summed E-state index contributed by atoms with van der Waals surface area (Å²) in [5, 5.41) is 1.42. The summed E-state index contributed by atoms with van der Waals surface area (Å²) in [5.74, 6) is -0.284. The predicted molar refractivity (Wildman–Crippen MR) is 39.7 cm³/mol. The van der Waals surface area contributed by atoms with Crippen LogP contribution < -0.4 is 0 Å². The number of hydrogen-bond acceptors (Lipinski definition) is 1. The van der Waals surface area contributed by atoms with Gasteiger partial charge < -0.3 is 0 Å². The van der Waals surface area contributed by atoms with Gasteiger partial charge in [-0.05, 0) is 17.7 Å². The summed E-state index contributed by atoms with van der Waals surface area (Å²) in [6, 6.07) is 5.75. The summed E-state index contributed by atoms with van der Waals surface area (Å²) in [7, 11) is 0. The Hall–Kier alpha value is -0.960. The van der Waals surface area contributed by atoms with E-state index in [0.717, 1.165) is 5.56 Å². The topological polar surface area (TPSA) is 17.1 Å². The lowest BCUT2D eigenvalue weighted by Gasteiger charge is -1.87. The molecule has 10 heavy (non-hydrogen) atoms. The molecule has 0 aliphatic rings. The molecule has 0 fully saturated rings. The summed E-state index contributed by atoms with van der Waals surface area (Å²) in [4.78, 5) is 0. The van der Waals surface area contributed by atoms with Gasteiger partial charge in [0, 0.05) is 5.37 Å². The Morgan fingerprint density at radius 2 is 1.90 bits per heavy atom. The highest BCUT2D eigenvalue weighted by Gasteiger charge is 1.87. The quantitative estimate of drug-likeness (QED) is 0.558. The Bertz CT molecular complexity index is 261. The van der Waals surface area contributed by atoms with Crippen molar-refractivity contribution in [3.8, 4) is 0 Å². The fraction of sp³-hybridized carbons (Fsp3) is 0. The van der Waals surface area contributed by atoms with Crippen molar-refractivity contribution in [1.82, 2.24) is 0 Å². The summed E-state index contributed by atoms with van der Waals surface area (Å²) >= 11 is 0.363. The van der Waals surface area contributed by atoms with E-state index in [-0.39, 0.29) is 5.82 Å². The molecule has 0 aliphatic heterocycles. The van der Waals surface area contributed by atoms with E-state index in [9.17, 15) is 8.60 Å². The van der Waals surface area contributed by atoms with E-state index in [1.165, 1.54) is 17.5 Å². The van der Waals surface area contributed by atoms with Crippen LogP contribution in [-0.2, 0) is 11.3 Å². The molecule has 1 nitrogen and oxygen atoms in total. The maximum absolute atomic E-state index is 12.2. The average molecular weight is 156 g/mol. The second-order valence-electron chi connectivity index (χ2n) is 1.77. The van der Waals surface area contributed by atoms with Gasteiger partial charge in [0.1, 0.15) is 5.82 Å². The Morgan fingerprint density at radius 3 is 2.40 bits per heavy atom. The predicted octanol–water partition coefficient (Wildman–Crippen LogP) is 1.19. The fourth-order valence-electron chi connectivity index (χ4n) is 0.597. The first-order valence-electron chi connectivity index (χ1n) is 2.70. The molecule has 3 heteroatoms. The Morgan fingerprint density at radius 1 is 1.30 bits per heavy atom. The Kier molecular flexibility index (Phi) is 2.34. The van der Waals surface area contributed by atoms with Crippen LogP contribution in [0.1, 0.15) is 5.56 Å². The average Bonchev–Trinajstić information content (AvgIpc) is 1.95. The molecule has 0 aromatic heterocycles. The second-order valence-corrected chi connectivity index (χ2v) is 2.19. The lowest BCUT2D eigenvalue weighted by atomic mass is 10.2. The minimum atomic E-state index is -0.284. The van der Waals surface area contributed by atoms with Gasteiger partial charge in [-0.3, -0.25) is 0 Å². The summed E-state index contributed by atoms with van der Waals surface area (Å²) in [5.41, 5.74) is 0.737. The molecule has 0 saturated heterocycles. The van der Waals surface area contributed by atoms with Crippen molar-refractivity contribution in [3.05, 3.63) is 35.6 Å². The maximum atomic E-state index is 12.2. The number of benzene rings is 1. The molecule has 0 heterocycles. The molecule has 0 amide bonds. The first-order chi connectivity index (χ1) is 4.83. The zero-order valence-electron chi connectivity index (χ0n) is 5.08. The van der Waals surface area contributed by atoms with Gasteiger partial charge in [-0.2, -0.15) is 0 Å². The highest BCUT2D eigenvalue weighted by molar-refractivity contribution is 7.65. The molecule has 52 valence electrons. The van der Waals surface area contributed by atoms with Gasteiger partial charge in [0.2, 0.25) is 0 Å². The van der Waals surface area contributed by atoms with Gasteiger partial charge in [0.05, 0.1) is 11.3 Å². The maximum Gasteiger partial charge on any atom is 0.123 e. The van der Waals surface area contributed by atoms with Crippen LogP contribution in [0.2, 0.25) is 0 Å². The van der Waals surface area contributed by atoms with Crippen molar-refractivity contribution in [2.75, 3.05) is 0 Å². The fourth-order valence-corrected chi connectivity index (χ4v) is 0.865. The molecule has 1 rings (SSSR count). The van der Waals surface area contributed by atoms with Gasteiger partial charge in [-0.25, -0.2) is 8.60 Å². The third kappa shape index (κ3) is 1.77. The standard InChI is InChI=1S/C7H5FOS/c8-7-3-1-6(2-4-7)5-10-9/h1-5H. The second kappa shape index (κ2) is 3.27. The summed E-state index contributed by atoms with van der Waals surface area (Å²) in [6.07, 6.45) is 0. The highest BCUT2D eigenvalue weighted by atomic mass is 32.1. The summed E-state index contributed by atoms with van der Waals surface area (Å²) < 4.78 is 22.2. The molecule has 1 aromatic rings. The van der Waals surface area contributed by atoms with Crippen molar-refractivity contribution in [1.29, 1.82) is 0 Å². The van der Waals surface area contributed by atoms with Crippen LogP contribution in [0.3, 0.4) is 0 Å². The van der Waals surface area contributed by atoms with E-state index in [4.69, 9.17) is 0 Å².